The van der Waals surface area contributed by atoms with Crippen molar-refractivity contribution in [1.82, 2.24) is 24.5 Å². The molecular weight excluding hydrogens is 484 g/mol. The Labute approximate surface area is 212 Å². The Morgan fingerprint density at radius 3 is 2.58 bits per heavy atom. The Kier molecular flexibility index (Phi) is 6.12. The number of piperazine rings is 1. The summed E-state index contributed by atoms with van der Waals surface area (Å²) in [7, 11) is 1.36. The third kappa shape index (κ3) is 4.39. The fourth-order valence-electron chi connectivity index (χ4n) is 4.17. The summed E-state index contributed by atoms with van der Waals surface area (Å²) in [5.74, 6) is 1.19. The maximum absolute atomic E-state index is 11.8. The van der Waals surface area contributed by atoms with Crippen LogP contribution in [0.2, 0.25) is 5.02 Å². The first-order chi connectivity index (χ1) is 17.4. The molecule has 36 heavy (non-hydrogen) atoms. The van der Waals surface area contributed by atoms with E-state index >= 15 is 0 Å². The molecule has 2 fully saturated rings. The van der Waals surface area contributed by atoms with Crippen molar-refractivity contribution >= 4 is 46.6 Å². The summed E-state index contributed by atoms with van der Waals surface area (Å²) in [6.07, 6.45) is 2.09. The van der Waals surface area contributed by atoms with Crippen LogP contribution in [0, 0.1) is 28.6 Å². The number of hydrogen-bond donors (Lipinski definition) is 2. The van der Waals surface area contributed by atoms with E-state index < -0.39 is 0 Å². The van der Waals surface area contributed by atoms with Crippen molar-refractivity contribution in [1.29, 1.82) is 10.5 Å². The Morgan fingerprint density at radius 2 is 1.94 bits per heavy atom. The van der Waals surface area contributed by atoms with Gasteiger partial charge in [0.15, 0.2) is 5.65 Å². The maximum Gasteiger partial charge on any atom is 0.409 e. The number of carbonyl (C=O) groups excluding carboxylic acids is 1. The second-order valence-electron chi connectivity index (χ2n) is 8.78. The van der Waals surface area contributed by atoms with Gasteiger partial charge in [0.25, 0.3) is 0 Å². The SMILES string of the molecule is COC(=O)N1CCN(c2cc(C#N)cc(Nc3nc(N[C@H]4C[C@@H]4C)n4ncc(C#N)c4n3)c2Cl)CC1. The van der Waals surface area contributed by atoms with Crippen molar-refractivity contribution in [2.24, 2.45) is 5.92 Å². The average molecular weight is 507 g/mol. The summed E-state index contributed by atoms with van der Waals surface area (Å²) in [6.45, 7) is 4.13. The second-order valence-corrected chi connectivity index (χ2v) is 9.16. The third-order valence-electron chi connectivity index (χ3n) is 6.39. The number of methoxy groups -OCH3 is 1. The van der Waals surface area contributed by atoms with E-state index in [0.29, 0.717) is 71.2 Å². The molecule has 2 aromatic heterocycles. The summed E-state index contributed by atoms with van der Waals surface area (Å²) in [6, 6.07) is 7.89. The van der Waals surface area contributed by atoms with Crippen molar-refractivity contribution in [3.8, 4) is 12.1 Å². The molecule has 1 amide bonds. The molecule has 13 heteroatoms. The number of hydrogen-bond acceptors (Lipinski definition) is 10. The van der Waals surface area contributed by atoms with Crippen LogP contribution >= 0.6 is 11.6 Å². The summed E-state index contributed by atoms with van der Waals surface area (Å²) in [5.41, 5.74) is 2.19. The van der Waals surface area contributed by atoms with Gasteiger partial charge in [-0.05, 0) is 24.5 Å². The number of amides is 1. The van der Waals surface area contributed by atoms with Gasteiger partial charge in [0.05, 0.1) is 41.3 Å². The van der Waals surface area contributed by atoms with Crippen LogP contribution in [0.5, 0.6) is 0 Å². The molecule has 1 saturated carbocycles. The summed E-state index contributed by atoms with van der Waals surface area (Å²) in [5, 5.41) is 30.3. The predicted molar refractivity (Wildman–Crippen MR) is 132 cm³/mol. The van der Waals surface area contributed by atoms with Gasteiger partial charge in [-0.15, -0.1) is 0 Å². The van der Waals surface area contributed by atoms with Crippen LogP contribution in [0.3, 0.4) is 0 Å². The van der Waals surface area contributed by atoms with E-state index in [1.165, 1.54) is 17.8 Å². The fourth-order valence-corrected chi connectivity index (χ4v) is 4.44. The number of carbonyl (C=O) groups is 1. The average Bonchev–Trinajstić information content (AvgIpc) is 3.42. The van der Waals surface area contributed by atoms with Crippen LogP contribution in [0.15, 0.2) is 18.3 Å². The molecule has 0 spiro atoms. The molecule has 0 unspecified atom stereocenters. The predicted octanol–water partition coefficient (Wildman–Crippen LogP) is 2.97. The van der Waals surface area contributed by atoms with Gasteiger partial charge in [-0.2, -0.15) is 30.1 Å². The first-order valence-electron chi connectivity index (χ1n) is 11.4. The van der Waals surface area contributed by atoms with E-state index in [4.69, 9.17) is 16.3 Å². The Balaban J connectivity index is 1.47. The molecule has 1 aromatic carbocycles. The Morgan fingerprint density at radius 1 is 1.19 bits per heavy atom. The van der Waals surface area contributed by atoms with Crippen LogP contribution in [-0.2, 0) is 4.74 Å². The van der Waals surface area contributed by atoms with Gasteiger partial charge in [-0.25, -0.2) is 4.79 Å². The Bertz CT molecular complexity index is 1420. The Hall–Kier alpha value is -4.29. The molecule has 0 bridgehead atoms. The molecular formula is C23H23ClN10O2. The fraction of sp³-hybridized carbons (Fsp3) is 0.391. The minimum Gasteiger partial charge on any atom is -0.453 e. The molecule has 12 nitrogen and oxygen atoms in total. The molecule has 5 rings (SSSR count). The second kappa shape index (κ2) is 9.40. The van der Waals surface area contributed by atoms with Crippen LogP contribution in [0.25, 0.3) is 5.65 Å². The lowest BCUT2D eigenvalue weighted by Crippen LogP contribution is -2.48. The summed E-state index contributed by atoms with van der Waals surface area (Å²) in [4.78, 5) is 24.5. The number of aromatic nitrogens is 4. The smallest absolute Gasteiger partial charge is 0.409 e. The van der Waals surface area contributed by atoms with E-state index in [1.807, 2.05) is 4.90 Å². The normalized spacial score (nSPS) is 18.9. The highest BCUT2D eigenvalue weighted by Crippen LogP contribution is 2.37. The van der Waals surface area contributed by atoms with E-state index in [9.17, 15) is 15.3 Å². The number of anilines is 4. The topological polar surface area (TPSA) is 148 Å². The van der Waals surface area contributed by atoms with Gasteiger partial charge < -0.3 is 25.2 Å². The molecule has 1 aliphatic carbocycles. The quantitative estimate of drug-likeness (QED) is 0.529. The van der Waals surface area contributed by atoms with Crippen LogP contribution in [0.4, 0.5) is 28.1 Å². The largest absolute Gasteiger partial charge is 0.453 e. The monoisotopic (exact) mass is 506 g/mol. The lowest BCUT2D eigenvalue weighted by Gasteiger charge is -2.36. The summed E-state index contributed by atoms with van der Waals surface area (Å²) >= 11 is 6.80. The first kappa shape index (κ1) is 23.5. The van der Waals surface area contributed by atoms with E-state index in [2.05, 4.69) is 44.8 Å². The number of ether oxygens (including phenoxy) is 1. The molecule has 2 atom stereocenters. The van der Waals surface area contributed by atoms with Gasteiger partial charge in [-0.1, -0.05) is 18.5 Å². The van der Waals surface area contributed by atoms with Gasteiger partial charge >= 0.3 is 6.09 Å². The van der Waals surface area contributed by atoms with Crippen LogP contribution in [0.1, 0.15) is 24.5 Å². The first-order valence-corrected chi connectivity index (χ1v) is 11.8. The highest BCUT2D eigenvalue weighted by molar-refractivity contribution is 6.36. The third-order valence-corrected chi connectivity index (χ3v) is 6.79. The highest BCUT2D eigenvalue weighted by Gasteiger charge is 2.34. The highest BCUT2D eigenvalue weighted by atomic mass is 35.5. The van der Waals surface area contributed by atoms with Gasteiger partial charge in [0.1, 0.15) is 11.6 Å². The zero-order valence-corrected chi connectivity index (χ0v) is 20.5. The molecule has 3 aromatic rings. The molecule has 0 radical (unpaired) electrons. The van der Waals surface area contributed by atoms with Crippen LogP contribution < -0.4 is 15.5 Å². The van der Waals surface area contributed by atoms with Crippen LogP contribution in [-0.4, -0.2) is 69.9 Å². The number of nitriles is 2. The number of fused-ring (bicyclic) bond motifs is 1. The lowest BCUT2D eigenvalue weighted by molar-refractivity contribution is 0.121. The number of benzene rings is 1. The van der Waals surface area contributed by atoms with Gasteiger partial charge in [0, 0.05) is 32.2 Å². The molecule has 3 heterocycles. The van der Waals surface area contributed by atoms with Crippen molar-refractivity contribution in [3.63, 3.8) is 0 Å². The van der Waals surface area contributed by atoms with E-state index in [1.54, 1.807) is 17.0 Å². The van der Waals surface area contributed by atoms with Gasteiger partial charge in [-0.3, -0.25) is 0 Å². The van der Waals surface area contributed by atoms with Crippen molar-refractivity contribution in [2.45, 2.75) is 19.4 Å². The number of halogens is 1. The molecule has 2 N–H and O–H groups in total. The van der Waals surface area contributed by atoms with Gasteiger partial charge in [0.2, 0.25) is 11.9 Å². The molecule has 2 aliphatic rings. The standard InChI is InChI=1S/C23H23ClN10O2/c1-13-7-16(13)29-22-31-21(30-20-15(11-26)12-27-34(20)22)28-17-8-14(10-25)9-18(19(17)24)32-3-5-33(6-4-32)23(35)36-2/h8-9,12-13,16H,3-7H2,1-2H3,(H2,28,29,30,31)/t13-,16-/m0/s1. The lowest BCUT2D eigenvalue weighted by atomic mass is 10.1. The zero-order chi connectivity index (χ0) is 25.4. The molecule has 184 valence electrons. The molecule has 1 aliphatic heterocycles. The number of rotatable bonds is 5. The molecule has 1 saturated heterocycles. The summed E-state index contributed by atoms with van der Waals surface area (Å²) < 4.78 is 6.31. The maximum atomic E-state index is 11.8. The van der Waals surface area contributed by atoms with Crippen molar-refractivity contribution in [2.75, 3.05) is 48.8 Å². The number of nitrogens with one attached hydrogen (secondary N) is 2. The zero-order valence-electron chi connectivity index (χ0n) is 19.7. The van der Waals surface area contributed by atoms with Crippen molar-refractivity contribution < 1.29 is 9.53 Å². The minimum atomic E-state index is -0.372. The van der Waals surface area contributed by atoms with E-state index in [0.717, 1.165) is 6.42 Å². The minimum absolute atomic E-state index is 0.216. The van der Waals surface area contributed by atoms with E-state index in [-0.39, 0.29) is 18.1 Å². The number of nitrogens with zero attached hydrogens (tertiary/aromatic N) is 8. The van der Waals surface area contributed by atoms with Crippen molar-refractivity contribution in [3.05, 3.63) is 34.5 Å².